The number of carbonyl (C=O) groups excluding carboxylic acids is 1. The standard InChI is InChI=1S/C16H25N3O/c1-4-18-14-11-17-9-7-13(14)15(20)19-12-6-5-8-16(2,3)10-12/h7,9,11-12,18H,4-6,8,10H2,1-3H3,(H,19,20). The first-order chi connectivity index (χ1) is 9.52. The van der Waals surface area contributed by atoms with Gasteiger partial charge in [-0.2, -0.15) is 0 Å². The predicted octanol–water partition coefficient (Wildman–Crippen LogP) is 3.21. The van der Waals surface area contributed by atoms with Crippen LogP contribution in [0.4, 0.5) is 5.69 Å². The van der Waals surface area contributed by atoms with Crippen molar-refractivity contribution in [3.8, 4) is 0 Å². The lowest BCUT2D eigenvalue weighted by Gasteiger charge is -2.35. The van der Waals surface area contributed by atoms with Gasteiger partial charge in [-0.3, -0.25) is 9.78 Å². The van der Waals surface area contributed by atoms with Gasteiger partial charge in [0.25, 0.3) is 5.91 Å². The van der Waals surface area contributed by atoms with E-state index in [4.69, 9.17) is 0 Å². The van der Waals surface area contributed by atoms with E-state index in [0.29, 0.717) is 11.0 Å². The molecule has 4 heteroatoms. The summed E-state index contributed by atoms with van der Waals surface area (Å²) < 4.78 is 0. The number of aromatic nitrogens is 1. The van der Waals surface area contributed by atoms with E-state index in [1.54, 1.807) is 18.5 Å². The second-order valence-corrected chi connectivity index (χ2v) is 6.38. The minimum Gasteiger partial charge on any atom is -0.383 e. The van der Waals surface area contributed by atoms with Crippen LogP contribution < -0.4 is 10.6 Å². The van der Waals surface area contributed by atoms with Crippen LogP contribution in [0.1, 0.15) is 56.8 Å². The van der Waals surface area contributed by atoms with Gasteiger partial charge in [-0.25, -0.2) is 0 Å². The molecule has 1 heterocycles. The van der Waals surface area contributed by atoms with Crippen molar-refractivity contribution >= 4 is 11.6 Å². The van der Waals surface area contributed by atoms with Gasteiger partial charge >= 0.3 is 0 Å². The molecule has 1 fully saturated rings. The number of nitrogens with zero attached hydrogens (tertiary/aromatic N) is 1. The second-order valence-electron chi connectivity index (χ2n) is 6.38. The lowest BCUT2D eigenvalue weighted by Crippen LogP contribution is -2.40. The van der Waals surface area contributed by atoms with E-state index in [-0.39, 0.29) is 11.9 Å². The molecule has 0 aliphatic heterocycles. The van der Waals surface area contributed by atoms with Crippen LogP contribution >= 0.6 is 0 Å². The third-order valence-corrected chi connectivity index (χ3v) is 3.97. The Morgan fingerprint density at radius 3 is 3.00 bits per heavy atom. The van der Waals surface area contributed by atoms with Crippen molar-refractivity contribution in [2.75, 3.05) is 11.9 Å². The zero-order valence-corrected chi connectivity index (χ0v) is 12.7. The Hall–Kier alpha value is -1.58. The van der Waals surface area contributed by atoms with Crippen molar-refractivity contribution in [2.45, 2.75) is 52.5 Å². The van der Waals surface area contributed by atoms with Crippen molar-refractivity contribution in [3.63, 3.8) is 0 Å². The SMILES string of the molecule is CCNc1cnccc1C(=O)NC1CCCC(C)(C)C1. The lowest BCUT2D eigenvalue weighted by atomic mass is 9.75. The fourth-order valence-electron chi connectivity index (χ4n) is 3.01. The monoisotopic (exact) mass is 275 g/mol. The summed E-state index contributed by atoms with van der Waals surface area (Å²) in [6.45, 7) is 7.35. The number of hydrogen-bond acceptors (Lipinski definition) is 3. The van der Waals surface area contributed by atoms with Crippen LogP contribution in [0.5, 0.6) is 0 Å². The summed E-state index contributed by atoms with van der Waals surface area (Å²) in [6.07, 6.45) is 7.95. The minimum atomic E-state index is 0.00560. The highest BCUT2D eigenvalue weighted by Gasteiger charge is 2.29. The normalized spacial score (nSPS) is 21.2. The van der Waals surface area contributed by atoms with Crippen LogP contribution in [0.15, 0.2) is 18.5 Å². The van der Waals surface area contributed by atoms with Gasteiger partial charge in [0, 0.05) is 18.8 Å². The summed E-state index contributed by atoms with van der Waals surface area (Å²) in [5.41, 5.74) is 1.83. The molecule has 0 spiro atoms. The average Bonchev–Trinajstić information content (AvgIpc) is 2.38. The van der Waals surface area contributed by atoms with Crippen molar-refractivity contribution in [2.24, 2.45) is 5.41 Å². The van der Waals surface area contributed by atoms with Gasteiger partial charge in [0.1, 0.15) is 0 Å². The minimum absolute atomic E-state index is 0.00560. The summed E-state index contributed by atoms with van der Waals surface area (Å²) in [5, 5.41) is 6.37. The molecule has 2 N–H and O–H groups in total. The third-order valence-electron chi connectivity index (χ3n) is 3.97. The van der Waals surface area contributed by atoms with E-state index >= 15 is 0 Å². The summed E-state index contributed by atoms with van der Waals surface area (Å²) in [6, 6.07) is 2.07. The number of anilines is 1. The zero-order chi connectivity index (χ0) is 14.6. The highest BCUT2D eigenvalue weighted by molar-refractivity contribution is 5.99. The summed E-state index contributed by atoms with van der Waals surface area (Å²) in [5.74, 6) is 0.00560. The number of nitrogens with one attached hydrogen (secondary N) is 2. The Balaban J connectivity index is 2.05. The van der Waals surface area contributed by atoms with E-state index in [0.717, 1.165) is 25.1 Å². The molecule has 1 atom stereocenters. The fraction of sp³-hybridized carbons (Fsp3) is 0.625. The Labute approximate surface area is 121 Å². The highest BCUT2D eigenvalue weighted by Crippen LogP contribution is 2.35. The van der Waals surface area contributed by atoms with Gasteiger partial charge in [-0.1, -0.05) is 20.3 Å². The predicted molar refractivity (Wildman–Crippen MR) is 81.9 cm³/mol. The van der Waals surface area contributed by atoms with Crippen molar-refractivity contribution < 1.29 is 4.79 Å². The maximum Gasteiger partial charge on any atom is 0.253 e. The van der Waals surface area contributed by atoms with Gasteiger partial charge in [0.15, 0.2) is 0 Å². The topological polar surface area (TPSA) is 54.0 Å². The van der Waals surface area contributed by atoms with E-state index in [1.807, 2.05) is 6.92 Å². The molecule has 0 saturated heterocycles. The van der Waals surface area contributed by atoms with E-state index < -0.39 is 0 Å². The van der Waals surface area contributed by atoms with Gasteiger partial charge in [-0.05, 0) is 37.7 Å². The smallest absolute Gasteiger partial charge is 0.253 e. The summed E-state index contributed by atoms with van der Waals surface area (Å²) in [4.78, 5) is 16.5. The quantitative estimate of drug-likeness (QED) is 0.887. The average molecular weight is 275 g/mol. The Bertz CT molecular complexity index is 471. The molecular formula is C16H25N3O. The second kappa shape index (κ2) is 6.25. The molecule has 4 nitrogen and oxygen atoms in total. The Morgan fingerprint density at radius 1 is 1.50 bits per heavy atom. The molecule has 1 aromatic rings. The van der Waals surface area contributed by atoms with Crippen molar-refractivity contribution in [1.82, 2.24) is 10.3 Å². The van der Waals surface area contributed by atoms with Crippen LogP contribution in [-0.4, -0.2) is 23.5 Å². The molecule has 1 unspecified atom stereocenters. The van der Waals surface area contributed by atoms with E-state index in [9.17, 15) is 4.79 Å². The summed E-state index contributed by atoms with van der Waals surface area (Å²) in [7, 11) is 0. The zero-order valence-electron chi connectivity index (χ0n) is 12.7. The number of amides is 1. The van der Waals surface area contributed by atoms with Gasteiger partial charge in [0.2, 0.25) is 0 Å². The fourth-order valence-corrected chi connectivity index (χ4v) is 3.01. The van der Waals surface area contributed by atoms with Crippen LogP contribution in [0.25, 0.3) is 0 Å². The van der Waals surface area contributed by atoms with E-state index in [2.05, 4.69) is 29.5 Å². The maximum atomic E-state index is 12.4. The molecule has 0 aromatic carbocycles. The largest absolute Gasteiger partial charge is 0.383 e. The van der Waals surface area contributed by atoms with Crippen LogP contribution in [-0.2, 0) is 0 Å². The lowest BCUT2D eigenvalue weighted by molar-refractivity contribution is 0.0903. The van der Waals surface area contributed by atoms with Crippen LogP contribution in [0.2, 0.25) is 0 Å². The van der Waals surface area contributed by atoms with Crippen LogP contribution in [0.3, 0.4) is 0 Å². The maximum absolute atomic E-state index is 12.4. The third kappa shape index (κ3) is 3.71. The molecule has 1 saturated carbocycles. The molecule has 1 aliphatic carbocycles. The molecule has 1 aliphatic rings. The molecule has 110 valence electrons. The highest BCUT2D eigenvalue weighted by atomic mass is 16.1. The molecule has 1 aromatic heterocycles. The molecule has 2 rings (SSSR count). The van der Waals surface area contributed by atoms with Crippen molar-refractivity contribution in [3.05, 3.63) is 24.0 Å². The number of pyridine rings is 1. The van der Waals surface area contributed by atoms with Gasteiger partial charge in [-0.15, -0.1) is 0 Å². The van der Waals surface area contributed by atoms with E-state index in [1.165, 1.54) is 12.8 Å². The summed E-state index contributed by atoms with van der Waals surface area (Å²) >= 11 is 0. The molecule has 0 radical (unpaired) electrons. The van der Waals surface area contributed by atoms with Gasteiger partial charge in [0.05, 0.1) is 17.4 Å². The first-order valence-corrected chi connectivity index (χ1v) is 7.50. The molecule has 0 bridgehead atoms. The number of carbonyl (C=O) groups is 1. The Morgan fingerprint density at radius 2 is 2.30 bits per heavy atom. The number of hydrogen-bond donors (Lipinski definition) is 2. The van der Waals surface area contributed by atoms with Crippen LogP contribution in [0, 0.1) is 5.41 Å². The molecule has 1 amide bonds. The first-order valence-electron chi connectivity index (χ1n) is 7.50. The first kappa shape index (κ1) is 14.8. The van der Waals surface area contributed by atoms with Crippen molar-refractivity contribution in [1.29, 1.82) is 0 Å². The molecule has 20 heavy (non-hydrogen) atoms. The number of rotatable bonds is 4. The molecular weight excluding hydrogens is 250 g/mol. The van der Waals surface area contributed by atoms with Gasteiger partial charge < -0.3 is 10.6 Å². The Kier molecular flexibility index (Phi) is 4.63.